The Labute approximate surface area is 101 Å². The standard InChI is InChI=1S/C12H18N4O/c1-9-6-15-11(7-14-9)8-16-12(17)4-5-13-10-2-3-10/h6-7,10,13H,2-5,8H2,1H3,(H,16,17). The number of nitrogens with zero attached hydrogens (tertiary/aromatic N) is 2. The van der Waals surface area contributed by atoms with Crippen molar-refractivity contribution >= 4 is 5.91 Å². The lowest BCUT2D eigenvalue weighted by atomic mass is 10.3. The molecule has 0 saturated heterocycles. The average Bonchev–Trinajstić information content (AvgIpc) is 3.12. The average molecular weight is 234 g/mol. The SMILES string of the molecule is Cc1cnc(CNC(=O)CCNC2CC2)cn1. The summed E-state index contributed by atoms with van der Waals surface area (Å²) in [5, 5.41) is 6.14. The Kier molecular flexibility index (Phi) is 4.03. The maximum absolute atomic E-state index is 11.5. The first-order chi connectivity index (χ1) is 8.24. The maximum Gasteiger partial charge on any atom is 0.221 e. The van der Waals surface area contributed by atoms with Crippen LogP contribution in [-0.2, 0) is 11.3 Å². The molecule has 0 aliphatic heterocycles. The van der Waals surface area contributed by atoms with Crippen molar-refractivity contribution in [2.24, 2.45) is 0 Å². The van der Waals surface area contributed by atoms with Crippen LogP contribution in [0.1, 0.15) is 30.7 Å². The number of hydrogen-bond donors (Lipinski definition) is 2. The molecule has 1 amide bonds. The fraction of sp³-hybridized carbons (Fsp3) is 0.583. The third kappa shape index (κ3) is 4.48. The van der Waals surface area contributed by atoms with Gasteiger partial charge < -0.3 is 10.6 Å². The summed E-state index contributed by atoms with van der Waals surface area (Å²) >= 11 is 0. The number of aromatic nitrogens is 2. The highest BCUT2D eigenvalue weighted by Gasteiger charge is 2.19. The van der Waals surface area contributed by atoms with Crippen molar-refractivity contribution in [1.29, 1.82) is 0 Å². The van der Waals surface area contributed by atoms with Crippen molar-refractivity contribution in [2.45, 2.75) is 38.8 Å². The van der Waals surface area contributed by atoms with E-state index in [1.807, 2.05) is 6.92 Å². The molecule has 1 aliphatic rings. The van der Waals surface area contributed by atoms with Gasteiger partial charge in [-0.15, -0.1) is 0 Å². The zero-order chi connectivity index (χ0) is 12.1. The Hall–Kier alpha value is -1.49. The number of carbonyl (C=O) groups excluding carboxylic acids is 1. The predicted octanol–water partition coefficient (Wildman–Crippen LogP) is 0.543. The van der Waals surface area contributed by atoms with Crippen LogP contribution in [0.25, 0.3) is 0 Å². The molecule has 2 N–H and O–H groups in total. The molecule has 17 heavy (non-hydrogen) atoms. The second-order valence-corrected chi connectivity index (χ2v) is 4.40. The fourth-order valence-electron chi connectivity index (χ4n) is 1.47. The Bertz CT molecular complexity index is 373. The second kappa shape index (κ2) is 5.72. The van der Waals surface area contributed by atoms with Gasteiger partial charge in [0.2, 0.25) is 5.91 Å². The zero-order valence-electron chi connectivity index (χ0n) is 10.1. The zero-order valence-corrected chi connectivity index (χ0v) is 10.1. The molecule has 5 nitrogen and oxygen atoms in total. The largest absolute Gasteiger partial charge is 0.350 e. The quantitative estimate of drug-likeness (QED) is 0.754. The van der Waals surface area contributed by atoms with Gasteiger partial charge in [0.15, 0.2) is 0 Å². The lowest BCUT2D eigenvalue weighted by Gasteiger charge is -2.05. The minimum absolute atomic E-state index is 0.0560. The van der Waals surface area contributed by atoms with E-state index in [0.29, 0.717) is 19.0 Å². The molecule has 0 radical (unpaired) electrons. The van der Waals surface area contributed by atoms with E-state index in [1.165, 1.54) is 12.8 Å². The lowest BCUT2D eigenvalue weighted by molar-refractivity contribution is -0.121. The summed E-state index contributed by atoms with van der Waals surface area (Å²) in [5.41, 5.74) is 1.67. The Balaban J connectivity index is 1.62. The van der Waals surface area contributed by atoms with E-state index in [1.54, 1.807) is 12.4 Å². The summed E-state index contributed by atoms with van der Waals surface area (Å²) in [5.74, 6) is 0.0560. The summed E-state index contributed by atoms with van der Waals surface area (Å²) in [4.78, 5) is 19.8. The highest BCUT2D eigenvalue weighted by molar-refractivity contribution is 5.75. The lowest BCUT2D eigenvalue weighted by Crippen LogP contribution is -2.28. The van der Waals surface area contributed by atoms with Gasteiger partial charge in [-0.3, -0.25) is 14.8 Å². The number of hydrogen-bond acceptors (Lipinski definition) is 4. The smallest absolute Gasteiger partial charge is 0.221 e. The molecule has 1 aromatic rings. The van der Waals surface area contributed by atoms with Crippen molar-refractivity contribution in [2.75, 3.05) is 6.54 Å². The number of aryl methyl sites for hydroxylation is 1. The molecule has 1 aromatic heterocycles. The molecule has 1 aliphatic carbocycles. The molecule has 0 bridgehead atoms. The fourth-order valence-corrected chi connectivity index (χ4v) is 1.47. The van der Waals surface area contributed by atoms with E-state index >= 15 is 0 Å². The van der Waals surface area contributed by atoms with Gasteiger partial charge in [0.25, 0.3) is 0 Å². The maximum atomic E-state index is 11.5. The van der Waals surface area contributed by atoms with Gasteiger partial charge in [0, 0.05) is 25.2 Å². The van der Waals surface area contributed by atoms with Crippen molar-refractivity contribution in [3.05, 3.63) is 23.8 Å². The highest BCUT2D eigenvalue weighted by atomic mass is 16.1. The van der Waals surface area contributed by atoms with Crippen LogP contribution in [-0.4, -0.2) is 28.5 Å². The van der Waals surface area contributed by atoms with Crippen molar-refractivity contribution in [3.63, 3.8) is 0 Å². The highest BCUT2D eigenvalue weighted by Crippen LogP contribution is 2.18. The third-order valence-corrected chi connectivity index (χ3v) is 2.66. The van der Waals surface area contributed by atoms with Crippen LogP contribution in [0.2, 0.25) is 0 Å². The van der Waals surface area contributed by atoms with Crippen LogP contribution < -0.4 is 10.6 Å². The molecule has 1 saturated carbocycles. The van der Waals surface area contributed by atoms with Gasteiger partial charge in [-0.1, -0.05) is 0 Å². The van der Waals surface area contributed by atoms with Crippen molar-refractivity contribution < 1.29 is 4.79 Å². The summed E-state index contributed by atoms with van der Waals surface area (Å²) in [6.45, 7) is 3.10. The van der Waals surface area contributed by atoms with Crippen molar-refractivity contribution in [1.82, 2.24) is 20.6 Å². The van der Waals surface area contributed by atoms with E-state index in [2.05, 4.69) is 20.6 Å². The molecule has 0 unspecified atom stereocenters. The van der Waals surface area contributed by atoms with Crippen LogP contribution in [0, 0.1) is 6.92 Å². The number of rotatable bonds is 6. The summed E-state index contributed by atoms with van der Waals surface area (Å²) in [6.07, 6.45) is 6.42. The Morgan fingerprint density at radius 3 is 2.88 bits per heavy atom. The van der Waals surface area contributed by atoms with Gasteiger partial charge in [-0.25, -0.2) is 0 Å². The first kappa shape index (κ1) is 12.0. The molecular weight excluding hydrogens is 216 g/mol. The molecule has 92 valence electrons. The second-order valence-electron chi connectivity index (χ2n) is 4.40. The molecule has 2 rings (SSSR count). The molecule has 1 heterocycles. The third-order valence-electron chi connectivity index (χ3n) is 2.66. The van der Waals surface area contributed by atoms with Gasteiger partial charge in [-0.2, -0.15) is 0 Å². The van der Waals surface area contributed by atoms with Crippen LogP contribution in [0.15, 0.2) is 12.4 Å². The molecule has 0 atom stereocenters. The minimum atomic E-state index is 0.0560. The van der Waals surface area contributed by atoms with E-state index in [9.17, 15) is 4.79 Å². The predicted molar refractivity (Wildman–Crippen MR) is 64.3 cm³/mol. The molecule has 0 spiro atoms. The summed E-state index contributed by atoms with van der Waals surface area (Å²) < 4.78 is 0. The number of nitrogens with one attached hydrogen (secondary N) is 2. The minimum Gasteiger partial charge on any atom is -0.350 e. The monoisotopic (exact) mass is 234 g/mol. The normalized spacial score (nSPS) is 14.6. The van der Waals surface area contributed by atoms with E-state index < -0.39 is 0 Å². The Morgan fingerprint density at radius 1 is 1.41 bits per heavy atom. The van der Waals surface area contributed by atoms with Gasteiger partial charge in [0.1, 0.15) is 0 Å². The Morgan fingerprint density at radius 2 is 2.24 bits per heavy atom. The van der Waals surface area contributed by atoms with Crippen LogP contribution >= 0.6 is 0 Å². The molecule has 1 fully saturated rings. The van der Waals surface area contributed by atoms with E-state index in [0.717, 1.165) is 17.9 Å². The molecular formula is C12H18N4O. The van der Waals surface area contributed by atoms with Crippen molar-refractivity contribution in [3.8, 4) is 0 Å². The van der Waals surface area contributed by atoms with Crippen LogP contribution in [0.4, 0.5) is 0 Å². The number of carbonyl (C=O) groups is 1. The van der Waals surface area contributed by atoms with Gasteiger partial charge in [-0.05, 0) is 19.8 Å². The summed E-state index contributed by atoms with van der Waals surface area (Å²) in [6, 6.07) is 0.658. The van der Waals surface area contributed by atoms with Gasteiger partial charge >= 0.3 is 0 Å². The molecule has 5 heteroatoms. The topological polar surface area (TPSA) is 66.9 Å². The first-order valence-corrected chi connectivity index (χ1v) is 6.01. The van der Waals surface area contributed by atoms with Crippen LogP contribution in [0.3, 0.4) is 0 Å². The van der Waals surface area contributed by atoms with Gasteiger partial charge in [0.05, 0.1) is 24.1 Å². The van der Waals surface area contributed by atoms with E-state index in [4.69, 9.17) is 0 Å². The van der Waals surface area contributed by atoms with E-state index in [-0.39, 0.29) is 5.91 Å². The first-order valence-electron chi connectivity index (χ1n) is 6.01. The number of amides is 1. The summed E-state index contributed by atoms with van der Waals surface area (Å²) in [7, 11) is 0. The molecule has 0 aromatic carbocycles. The van der Waals surface area contributed by atoms with Crippen LogP contribution in [0.5, 0.6) is 0 Å².